The van der Waals surface area contributed by atoms with Gasteiger partial charge in [0.05, 0.1) is 6.61 Å². The van der Waals surface area contributed by atoms with Crippen molar-refractivity contribution in [3.63, 3.8) is 0 Å². The van der Waals surface area contributed by atoms with Gasteiger partial charge in [-0.15, -0.1) is 0 Å². The Hall–Kier alpha value is -0.800. The molecule has 1 aromatic carbocycles. The first-order chi connectivity index (χ1) is 7.91. The molecule has 0 aliphatic heterocycles. The quantitative estimate of drug-likeness (QED) is 0.772. The van der Waals surface area contributed by atoms with Crippen LogP contribution in [-0.2, 0) is 9.53 Å². The molecule has 0 spiro atoms. The monoisotopic (exact) mass is 278 g/mol. The van der Waals surface area contributed by atoms with Crippen LogP contribution in [-0.4, -0.2) is 12.6 Å². The van der Waals surface area contributed by atoms with Crippen LogP contribution in [0.25, 0.3) is 0 Å². The largest absolute Gasteiger partial charge is 0.463 e. The Kier molecular flexibility index (Phi) is 5.22. The van der Waals surface area contributed by atoms with Crippen molar-refractivity contribution in [1.82, 2.24) is 0 Å². The second-order valence-electron chi connectivity index (χ2n) is 4.05. The van der Waals surface area contributed by atoms with E-state index in [0.29, 0.717) is 5.02 Å². The predicted octanol–water partition coefficient (Wildman–Crippen LogP) is 4.20. The van der Waals surface area contributed by atoms with Crippen molar-refractivity contribution in [2.45, 2.75) is 20.0 Å². The molecule has 0 bridgehead atoms. The lowest BCUT2D eigenvalue weighted by Gasteiger charge is -2.12. The molecule has 0 N–H and O–H groups in total. The fraction of sp³-hybridized carbons (Fsp3) is 0.417. The molecule has 0 fully saturated rings. The SMILES string of the molecule is CC(C)COC(=O)C(F)c1ccc(Cl)cc1Cl. The molecule has 2 nitrogen and oxygen atoms in total. The van der Waals surface area contributed by atoms with E-state index in [1.807, 2.05) is 13.8 Å². The zero-order valence-electron chi connectivity index (χ0n) is 9.54. The Morgan fingerprint density at radius 2 is 2.06 bits per heavy atom. The second kappa shape index (κ2) is 6.22. The van der Waals surface area contributed by atoms with Gasteiger partial charge in [-0.25, -0.2) is 9.18 Å². The molecule has 0 radical (unpaired) electrons. The first-order valence-electron chi connectivity index (χ1n) is 5.17. The van der Waals surface area contributed by atoms with Gasteiger partial charge < -0.3 is 4.74 Å². The number of rotatable bonds is 4. The number of esters is 1. The van der Waals surface area contributed by atoms with Gasteiger partial charge in [-0.2, -0.15) is 0 Å². The van der Waals surface area contributed by atoms with Crippen LogP contribution >= 0.6 is 23.2 Å². The van der Waals surface area contributed by atoms with Crippen LogP contribution in [0.5, 0.6) is 0 Å². The third kappa shape index (κ3) is 4.17. The molecule has 1 aromatic rings. The molecule has 1 rings (SSSR count). The molecule has 1 unspecified atom stereocenters. The van der Waals surface area contributed by atoms with Crippen LogP contribution in [0.2, 0.25) is 10.0 Å². The van der Waals surface area contributed by atoms with Crippen LogP contribution in [0.1, 0.15) is 25.6 Å². The summed E-state index contributed by atoms with van der Waals surface area (Å²) in [6.07, 6.45) is -1.88. The van der Waals surface area contributed by atoms with Crippen molar-refractivity contribution >= 4 is 29.2 Å². The number of benzene rings is 1. The van der Waals surface area contributed by atoms with E-state index in [9.17, 15) is 9.18 Å². The highest BCUT2D eigenvalue weighted by atomic mass is 35.5. The first kappa shape index (κ1) is 14.3. The van der Waals surface area contributed by atoms with Crippen molar-refractivity contribution < 1.29 is 13.9 Å². The maximum absolute atomic E-state index is 13.8. The van der Waals surface area contributed by atoms with Crippen LogP contribution in [0.15, 0.2) is 18.2 Å². The maximum Gasteiger partial charge on any atom is 0.345 e. The molecule has 0 aromatic heterocycles. The van der Waals surface area contributed by atoms with Gasteiger partial charge in [0.15, 0.2) is 0 Å². The van der Waals surface area contributed by atoms with E-state index in [4.69, 9.17) is 27.9 Å². The summed E-state index contributed by atoms with van der Waals surface area (Å²) < 4.78 is 18.6. The van der Waals surface area contributed by atoms with Crippen molar-refractivity contribution in [1.29, 1.82) is 0 Å². The van der Waals surface area contributed by atoms with E-state index in [-0.39, 0.29) is 23.1 Å². The van der Waals surface area contributed by atoms with E-state index in [0.717, 1.165) is 0 Å². The van der Waals surface area contributed by atoms with Crippen molar-refractivity contribution in [2.75, 3.05) is 6.61 Å². The van der Waals surface area contributed by atoms with E-state index in [2.05, 4.69) is 0 Å². The summed E-state index contributed by atoms with van der Waals surface area (Å²) in [5, 5.41) is 0.507. The van der Waals surface area contributed by atoms with Gasteiger partial charge in [0.1, 0.15) is 0 Å². The van der Waals surface area contributed by atoms with Gasteiger partial charge >= 0.3 is 5.97 Å². The van der Waals surface area contributed by atoms with E-state index < -0.39 is 12.1 Å². The smallest absolute Gasteiger partial charge is 0.345 e. The fourth-order valence-corrected chi connectivity index (χ4v) is 1.66. The minimum absolute atomic E-state index is 0.0739. The highest BCUT2D eigenvalue weighted by Gasteiger charge is 2.24. The Morgan fingerprint density at radius 1 is 1.41 bits per heavy atom. The number of carbonyl (C=O) groups excluding carboxylic acids is 1. The molecule has 0 saturated heterocycles. The van der Waals surface area contributed by atoms with E-state index in [1.54, 1.807) is 0 Å². The molecule has 1 atom stereocenters. The summed E-state index contributed by atoms with van der Waals surface area (Å²) >= 11 is 11.5. The van der Waals surface area contributed by atoms with Gasteiger partial charge in [-0.1, -0.05) is 43.1 Å². The third-order valence-corrected chi connectivity index (χ3v) is 2.56. The Bertz CT molecular complexity index is 407. The number of halogens is 3. The van der Waals surface area contributed by atoms with Crippen LogP contribution < -0.4 is 0 Å². The molecule has 17 heavy (non-hydrogen) atoms. The topological polar surface area (TPSA) is 26.3 Å². The van der Waals surface area contributed by atoms with Gasteiger partial charge in [0.2, 0.25) is 6.17 Å². The zero-order chi connectivity index (χ0) is 13.0. The number of hydrogen-bond donors (Lipinski definition) is 0. The molecule has 0 aliphatic rings. The lowest BCUT2D eigenvalue weighted by atomic mass is 10.1. The Balaban J connectivity index is 2.74. The van der Waals surface area contributed by atoms with Gasteiger partial charge in [0, 0.05) is 15.6 Å². The average molecular weight is 279 g/mol. The van der Waals surface area contributed by atoms with Crippen LogP contribution in [0, 0.1) is 5.92 Å². The summed E-state index contributed by atoms with van der Waals surface area (Å²) in [5.41, 5.74) is 0.0739. The summed E-state index contributed by atoms with van der Waals surface area (Å²) in [5.74, 6) is -0.769. The number of hydrogen-bond acceptors (Lipinski definition) is 2. The summed E-state index contributed by atoms with van der Waals surface area (Å²) in [4.78, 5) is 11.4. The van der Waals surface area contributed by atoms with Crippen molar-refractivity contribution in [2.24, 2.45) is 5.92 Å². The Labute approximate surface area is 110 Å². The molecule has 0 saturated carbocycles. The number of carbonyl (C=O) groups is 1. The molecule has 0 amide bonds. The summed E-state index contributed by atoms with van der Waals surface area (Å²) in [7, 11) is 0. The molecule has 0 heterocycles. The number of alkyl halides is 1. The van der Waals surface area contributed by atoms with Gasteiger partial charge in [-0.05, 0) is 18.1 Å². The van der Waals surface area contributed by atoms with Gasteiger partial charge in [-0.3, -0.25) is 0 Å². The summed E-state index contributed by atoms with van der Waals surface area (Å²) in [6.45, 7) is 3.93. The first-order valence-corrected chi connectivity index (χ1v) is 5.93. The van der Waals surface area contributed by atoms with Crippen molar-refractivity contribution in [3.05, 3.63) is 33.8 Å². The van der Waals surface area contributed by atoms with Crippen molar-refractivity contribution in [3.8, 4) is 0 Å². The zero-order valence-corrected chi connectivity index (χ0v) is 11.1. The molecule has 5 heteroatoms. The minimum atomic E-state index is -1.88. The lowest BCUT2D eigenvalue weighted by molar-refractivity contribution is -0.151. The molecular formula is C12H13Cl2FO2. The molecular weight excluding hydrogens is 266 g/mol. The lowest BCUT2D eigenvalue weighted by Crippen LogP contribution is -2.15. The normalized spacial score (nSPS) is 12.6. The standard InChI is InChI=1S/C12H13Cl2FO2/c1-7(2)6-17-12(16)11(15)9-4-3-8(13)5-10(9)14/h3-5,7,11H,6H2,1-2H3. The highest BCUT2D eigenvalue weighted by molar-refractivity contribution is 6.35. The van der Waals surface area contributed by atoms with E-state index >= 15 is 0 Å². The Morgan fingerprint density at radius 3 is 2.59 bits per heavy atom. The summed E-state index contributed by atoms with van der Waals surface area (Å²) in [6, 6.07) is 4.25. The third-order valence-electron chi connectivity index (χ3n) is 2.00. The maximum atomic E-state index is 13.8. The predicted molar refractivity (Wildman–Crippen MR) is 66.1 cm³/mol. The van der Waals surface area contributed by atoms with Crippen LogP contribution in [0.3, 0.4) is 0 Å². The van der Waals surface area contributed by atoms with Crippen LogP contribution in [0.4, 0.5) is 4.39 Å². The van der Waals surface area contributed by atoms with E-state index in [1.165, 1.54) is 18.2 Å². The van der Waals surface area contributed by atoms with Gasteiger partial charge in [0.25, 0.3) is 0 Å². The molecule has 0 aliphatic carbocycles. The number of ether oxygens (including phenoxy) is 1. The average Bonchev–Trinajstić information content (AvgIpc) is 2.25. The fourth-order valence-electron chi connectivity index (χ4n) is 1.16. The highest BCUT2D eigenvalue weighted by Crippen LogP contribution is 2.29. The minimum Gasteiger partial charge on any atom is -0.463 e. The molecule has 94 valence electrons. The second-order valence-corrected chi connectivity index (χ2v) is 4.90.